The van der Waals surface area contributed by atoms with Gasteiger partial charge >= 0.3 is 0 Å². The molecule has 2 aromatic rings. The number of hydrogen-bond donors (Lipinski definition) is 1. The van der Waals surface area contributed by atoms with Crippen LogP contribution in [0.5, 0.6) is 5.75 Å². The maximum Gasteiger partial charge on any atom is 0.277 e. The van der Waals surface area contributed by atoms with Crippen molar-refractivity contribution in [2.75, 3.05) is 36.5 Å². The van der Waals surface area contributed by atoms with Gasteiger partial charge in [0.1, 0.15) is 17.6 Å². The minimum Gasteiger partial charge on any atom is -0.487 e. The molecule has 26 heavy (non-hydrogen) atoms. The molecule has 1 aromatic heterocycles. The highest BCUT2D eigenvalue weighted by molar-refractivity contribution is 9.10. The second-order valence-corrected chi connectivity index (χ2v) is 7.73. The van der Waals surface area contributed by atoms with Crippen LogP contribution in [-0.4, -0.2) is 42.8 Å². The molecule has 138 valence electrons. The first-order valence-corrected chi connectivity index (χ1v) is 9.32. The number of aromatic nitrogens is 1. The summed E-state index contributed by atoms with van der Waals surface area (Å²) in [6.45, 7) is 6.97. The molecule has 2 aliphatic rings. The van der Waals surface area contributed by atoms with Gasteiger partial charge in [-0.05, 0) is 19.9 Å². The number of benzene rings is 1. The summed E-state index contributed by atoms with van der Waals surface area (Å²) in [6, 6.07) is 4.02. The molecule has 4 rings (SSSR count). The van der Waals surface area contributed by atoms with Crippen LogP contribution in [0.1, 0.15) is 29.9 Å². The van der Waals surface area contributed by atoms with E-state index in [-0.39, 0.29) is 22.0 Å². The maximum absolute atomic E-state index is 12.6. The average molecular weight is 422 g/mol. The number of nitrogens with zero attached hydrogens (tertiary/aromatic N) is 2. The topological polar surface area (TPSA) is 76.8 Å². The van der Waals surface area contributed by atoms with Crippen molar-refractivity contribution in [1.82, 2.24) is 4.98 Å². The van der Waals surface area contributed by atoms with E-state index in [0.29, 0.717) is 13.2 Å². The van der Waals surface area contributed by atoms with Crippen LogP contribution in [0.25, 0.3) is 0 Å². The molecule has 0 saturated carbocycles. The predicted molar refractivity (Wildman–Crippen MR) is 100 cm³/mol. The van der Waals surface area contributed by atoms with Crippen LogP contribution < -0.4 is 15.0 Å². The van der Waals surface area contributed by atoms with E-state index in [1.54, 1.807) is 0 Å². The molecule has 0 atom stereocenters. The zero-order valence-electron chi connectivity index (χ0n) is 14.7. The van der Waals surface area contributed by atoms with E-state index in [4.69, 9.17) is 13.9 Å². The average Bonchev–Trinajstić information content (AvgIpc) is 3.16. The molecule has 0 spiro atoms. The lowest BCUT2D eigenvalue weighted by Crippen LogP contribution is -2.36. The molecule has 7 nitrogen and oxygen atoms in total. The van der Waals surface area contributed by atoms with Crippen molar-refractivity contribution in [3.05, 3.63) is 34.5 Å². The molecule has 1 saturated heterocycles. The highest BCUT2D eigenvalue weighted by atomic mass is 79.9. The van der Waals surface area contributed by atoms with Crippen molar-refractivity contribution < 1.29 is 18.7 Å². The van der Waals surface area contributed by atoms with Crippen molar-refractivity contribution in [3.8, 4) is 5.75 Å². The SMILES string of the molecule is CC1(C)Cc2cc(NC(=O)c3coc(Br)n3)c(N3CCOCC3)cc2O1. The van der Waals surface area contributed by atoms with E-state index in [1.165, 1.54) is 6.26 Å². The molecule has 2 aliphatic heterocycles. The molecule has 0 bridgehead atoms. The van der Waals surface area contributed by atoms with Gasteiger partial charge in [-0.15, -0.1) is 0 Å². The third kappa shape index (κ3) is 3.43. The molecule has 1 fully saturated rings. The number of amides is 1. The van der Waals surface area contributed by atoms with Gasteiger partial charge in [-0.2, -0.15) is 4.98 Å². The third-order valence-corrected chi connectivity index (χ3v) is 4.85. The molecule has 3 heterocycles. The van der Waals surface area contributed by atoms with Crippen molar-refractivity contribution in [2.24, 2.45) is 0 Å². The Balaban J connectivity index is 1.68. The number of morpholine rings is 1. The van der Waals surface area contributed by atoms with Crippen LogP contribution in [0.15, 0.2) is 27.6 Å². The summed E-state index contributed by atoms with van der Waals surface area (Å²) in [6.07, 6.45) is 2.12. The van der Waals surface area contributed by atoms with Crippen molar-refractivity contribution >= 4 is 33.2 Å². The Morgan fingerprint density at radius 3 is 2.77 bits per heavy atom. The van der Waals surface area contributed by atoms with E-state index in [2.05, 4.69) is 45.0 Å². The normalized spacial score (nSPS) is 18.3. The van der Waals surface area contributed by atoms with Gasteiger partial charge in [-0.25, -0.2) is 0 Å². The fourth-order valence-corrected chi connectivity index (χ4v) is 3.63. The Kier molecular flexibility index (Phi) is 4.40. The van der Waals surface area contributed by atoms with Crippen LogP contribution in [0, 0.1) is 0 Å². The first kappa shape index (κ1) is 17.4. The zero-order valence-corrected chi connectivity index (χ0v) is 16.3. The Hall–Kier alpha value is -2.06. The number of ether oxygens (including phenoxy) is 2. The molecule has 1 amide bonds. The smallest absolute Gasteiger partial charge is 0.277 e. The van der Waals surface area contributed by atoms with Crippen LogP contribution in [0.3, 0.4) is 0 Å². The van der Waals surface area contributed by atoms with E-state index in [9.17, 15) is 4.79 Å². The van der Waals surface area contributed by atoms with Gasteiger partial charge in [-0.3, -0.25) is 4.79 Å². The van der Waals surface area contributed by atoms with Crippen LogP contribution >= 0.6 is 15.9 Å². The predicted octanol–water partition coefficient (Wildman–Crippen LogP) is 3.24. The quantitative estimate of drug-likeness (QED) is 0.819. The van der Waals surface area contributed by atoms with Gasteiger partial charge in [0.25, 0.3) is 10.7 Å². The van der Waals surface area contributed by atoms with E-state index >= 15 is 0 Å². The number of fused-ring (bicyclic) bond motifs is 1. The van der Waals surface area contributed by atoms with E-state index < -0.39 is 0 Å². The lowest BCUT2D eigenvalue weighted by Gasteiger charge is -2.31. The molecule has 8 heteroatoms. The van der Waals surface area contributed by atoms with E-state index in [1.807, 2.05) is 12.1 Å². The number of rotatable bonds is 3. The second-order valence-electron chi connectivity index (χ2n) is 7.05. The highest BCUT2D eigenvalue weighted by Crippen LogP contribution is 2.41. The Bertz CT molecular complexity index is 843. The summed E-state index contributed by atoms with van der Waals surface area (Å²) in [5.41, 5.74) is 2.74. The number of hydrogen-bond acceptors (Lipinski definition) is 6. The number of carbonyl (C=O) groups is 1. The van der Waals surface area contributed by atoms with Gasteiger partial charge < -0.3 is 24.1 Å². The summed E-state index contributed by atoms with van der Waals surface area (Å²) < 4.78 is 16.6. The lowest BCUT2D eigenvalue weighted by molar-refractivity contribution is 0.102. The number of nitrogens with one attached hydrogen (secondary N) is 1. The summed E-state index contributed by atoms with van der Waals surface area (Å²) in [7, 11) is 0. The molecule has 0 aliphatic carbocycles. The Morgan fingerprint density at radius 1 is 1.31 bits per heavy atom. The summed E-state index contributed by atoms with van der Waals surface area (Å²) in [5, 5.41) is 2.97. The van der Waals surface area contributed by atoms with Crippen LogP contribution in [0.4, 0.5) is 11.4 Å². The fourth-order valence-electron chi connectivity index (χ4n) is 3.35. The zero-order chi connectivity index (χ0) is 18.3. The number of anilines is 2. The van der Waals surface area contributed by atoms with Crippen molar-refractivity contribution in [1.29, 1.82) is 0 Å². The molecule has 1 aromatic carbocycles. The number of carbonyl (C=O) groups excluding carboxylic acids is 1. The highest BCUT2D eigenvalue weighted by Gasteiger charge is 2.32. The van der Waals surface area contributed by atoms with Gasteiger partial charge in [0.15, 0.2) is 5.69 Å². The van der Waals surface area contributed by atoms with Gasteiger partial charge in [0.05, 0.1) is 24.6 Å². The van der Waals surface area contributed by atoms with Crippen molar-refractivity contribution in [2.45, 2.75) is 25.9 Å². The molecule has 0 unspecified atom stereocenters. The monoisotopic (exact) mass is 421 g/mol. The minimum absolute atomic E-state index is 0.224. The largest absolute Gasteiger partial charge is 0.487 e. The fraction of sp³-hybridized carbons (Fsp3) is 0.444. The molecular weight excluding hydrogens is 402 g/mol. The Labute approximate surface area is 159 Å². The Morgan fingerprint density at radius 2 is 2.08 bits per heavy atom. The summed E-state index contributed by atoms with van der Waals surface area (Å²) in [5.74, 6) is 0.561. The number of halogens is 1. The lowest BCUT2D eigenvalue weighted by atomic mass is 10.0. The first-order chi connectivity index (χ1) is 12.4. The molecule has 1 N–H and O–H groups in total. The van der Waals surface area contributed by atoms with Gasteiger partial charge in [0.2, 0.25) is 0 Å². The standard InChI is InChI=1S/C18H20BrN3O4/c1-18(2)9-11-7-12(20-16(23)13-10-25-17(19)21-13)14(8-15(11)26-18)22-3-5-24-6-4-22/h7-8,10H,3-6,9H2,1-2H3,(H,20,23). The number of oxazole rings is 1. The molecule has 0 radical (unpaired) electrons. The summed E-state index contributed by atoms with van der Waals surface area (Å²) in [4.78, 5) is 19.1. The van der Waals surface area contributed by atoms with Crippen molar-refractivity contribution in [3.63, 3.8) is 0 Å². The third-order valence-electron chi connectivity index (χ3n) is 4.49. The molecular formula is C18H20BrN3O4. The van der Waals surface area contributed by atoms with Crippen LogP contribution in [-0.2, 0) is 11.2 Å². The minimum atomic E-state index is -0.313. The second kappa shape index (κ2) is 6.59. The van der Waals surface area contributed by atoms with Gasteiger partial charge in [0, 0.05) is 47.1 Å². The van der Waals surface area contributed by atoms with Crippen LogP contribution in [0.2, 0.25) is 0 Å². The maximum atomic E-state index is 12.6. The van der Waals surface area contributed by atoms with E-state index in [0.717, 1.165) is 42.2 Å². The van der Waals surface area contributed by atoms with Gasteiger partial charge in [-0.1, -0.05) is 0 Å². The first-order valence-electron chi connectivity index (χ1n) is 8.52. The summed E-state index contributed by atoms with van der Waals surface area (Å²) >= 11 is 3.12.